The van der Waals surface area contributed by atoms with Crippen molar-refractivity contribution in [3.05, 3.63) is 84.4 Å². The standard InChI is InChI=1S/C22H23NO2S/c1-3-17(2)18-13-15-20(16-14-18)26(24,25)23-22-12-8-7-11-21(22)19-9-5-4-6-10-19/h4-17,23H,3H2,1-2H3. The molecular weight excluding hydrogens is 342 g/mol. The lowest BCUT2D eigenvalue weighted by Crippen LogP contribution is -2.13. The van der Waals surface area contributed by atoms with Crippen LogP contribution in [0.1, 0.15) is 31.7 Å². The topological polar surface area (TPSA) is 46.2 Å². The second-order valence-electron chi connectivity index (χ2n) is 6.40. The van der Waals surface area contributed by atoms with Gasteiger partial charge in [-0.2, -0.15) is 0 Å². The van der Waals surface area contributed by atoms with Gasteiger partial charge in [-0.25, -0.2) is 8.42 Å². The molecule has 3 nitrogen and oxygen atoms in total. The zero-order valence-electron chi connectivity index (χ0n) is 15.0. The quantitative estimate of drug-likeness (QED) is 0.612. The molecule has 134 valence electrons. The second-order valence-corrected chi connectivity index (χ2v) is 8.08. The Morgan fingerprint density at radius 2 is 1.46 bits per heavy atom. The fourth-order valence-corrected chi connectivity index (χ4v) is 3.94. The first-order valence-electron chi connectivity index (χ1n) is 8.78. The van der Waals surface area contributed by atoms with Gasteiger partial charge in [0.1, 0.15) is 0 Å². The molecule has 3 aromatic carbocycles. The van der Waals surface area contributed by atoms with Crippen LogP contribution >= 0.6 is 0 Å². The molecule has 26 heavy (non-hydrogen) atoms. The Bertz CT molecular complexity index is 965. The van der Waals surface area contributed by atoms with E-state index < -0.39 is 10.0 Å². The van der Waals surface area contributed by atoms with Crippen molar-refractivity contribution in [2.45, 2.75) is 31.1 Å². The highest BCUT2D eigenvalue weighted by molar-refractivity contribution is 7.92. The number of hydrogen-bond donors (Lipinski definition) is 1. The summed E-state index contributed by atoms with van der Waals surface area (Å²) in [6.07, 6.45) is 1.02. The highest BCUT2D eigenvalue weighted by Crippen LogP contribution is 2.29. The van der Waals surface area contributed by atoms with Gasteiger partial charge in [-0.1, -0.05) is 74.5 Å². The first kappa shape index (κ1) is 18.2. The van der Waals surface area contributed by atoms with Crippen molar-refractivity contribution in [1.82, 2.24) is 0 Å². The van der Waals surface area contributed by atoms with Crippen molar-refractivity contribution in [3.63, 3.8) is 0 Å². The van der Waals surface area contributed by atoms with Gasteiger partial charge in [0.05, 0.1) is 10.6 Å². The van der Waals surface area contributed by atoms with Crippen LogP contribution in [0.5, 0.6) is 0 Å². The Morgan fingerprint density at radius 1 is 0.846 bits per heavy atom. The molecule has 3 rings (SSSR count). The molecule has 0 saturated heterocycles. The van der Waals surface area contributed by atoms with Crippen LogP contribution < -0.4 is 4.72 Å². The van der Waals surface area contributed by atoms with E-state index in [4.69, 9.17) is 0 Å². The lowest BCUT2D eigenvalue weighted by atomic mass is 9.99. The summed E-state index contributed by atoms with van der Waals surface area (Å²) in [6.45, 7) is 4.26. The smallest absolute Gasteiger partial charge is 0.261 e. The van der Waals surface area contributed by atoms with E-state index in [1.54, 1.807) is 18.2 Å². The summed E-state index contributed by atoms with van der Waals surface area (Å²) in [5, 5.41) is 0. The molecule has 1 unspecified atom stereocenters. The molecule has 0 amide bonds. The number of hydrogen-bond acceptors (Lipinski definition) is 2. The van der Waals surface area contributed by atoms with Gasteiger partial charge in [0, 0.05) is 5.56 Å². The van der Waals surface area contributed by atoms with Gasteiger partial charge < -0.3 is 0 Å². The summed E-state index contributed by atoms with van der Waals surface area (Å²) in [5.41, 5.74) is 3.55. The predicted molar refractivity (Wildman–Crippen MR) is 108 cm³/mol. The summed E-state index contributed by atoms with van der Waals surface area (Å²) in [5.74, 6) is 0.415. The maximum atomic E-state index is 12.8. The molecule has 1 atom stereocenters. The number of anilines is 1. The van der Waals surface area contributed by atoms with Gasteiger partial charge in [0.25, 0.3) is 10.0 Å². The van der Waals surface area contributed by atoms with Crippen LogP contribution in [0.4, 0.5) is 5.69 Å². The molecule has 0 aromatic heterocycles. The molecule has 0 aliphatic rings. The zero-order chi connectivity index (χ0) is 18.6. The van der Waals surface area contributed by atoms with Gasteiger partial charge in [0.15, 0.2) is 0 Å². The number of nitrogens with one attached hydrogen (secondary N) is 1. The minimum absolute atomic E-state index is 0.271. The fraction of sp³-hybridized carbons (Fsp3) is 0.182. The lowest BCUT2D eigenvalue weighted by Gasteiger charge is -2.14. The molecule has 0 spiro atoms. The van der Waals surface area contributed by atoms with Crippen molar-refractivity contribution in [1.29, 1.82) is 0 Å². The third-order valence-electron chi connectivity index (χ3n) is 4.63. The van der Waals surface area contributed by atoms with E-state index in [0.29, 0.717) is 11.6 Å². The highest BCUT2D eigenvalue weighted by atomic mass is 32.2. The van der Waals surface area contributed by atoms with E-state index in [1.807, 2.05) is 60.7 Å². The molecule has 3 aromatic rings. The SMILES string of the molecule is CCC(C)c1ccc(S(=O)(=O)Nc2ccccc2-c2ccccc2)cc1. The van der Waals surface area contributed by atoms with Crippen LogP contribution in [-0.4, -0.2) is 8.42 Å². The Kier molecular flexibility index (Phi) is 5.43. The number of sulfonamides is 1. The molecule has 0 aliphatic heterocycles. The van der Waals surface area contributed by atoms with Gasteiger partial charge >= 0.3 is 0 Å². The summed E-state index contributed by atoms with van der Waals surface area (Å²) >= 11 is 0. The van der Waals surface area contributed by atoms with Gasteiger partial charge in [0.2, 0.25) is 0 Å². The van der Waals surface area contributed by atoms with E-state index in [1.165, 1.54) is 0 Å². The molecule has 4 heteroatoms. The molecule has 1 N–H and O–H groups in total. The summed E-state index contributed by atoms with van der Waals surface area (Å²) in [4.78, 5) is 0.271. The molecule has 0 aliphatic carbocycles. The van der Waals surface area contributed by atoms with Gasteiger partial charge in [-0.3, -0.25) is 4.72 Å². The minimum Gasteiger partial charge on any atom is -0.279 e. The first-order chi connectivity index (χ1) is 12.5. The van der Waals surface area contributed by atoms with Crippen LogP contribution in [-0.2, 0) is 10.0 Å². The van der Waals surface area contributed by atoms with E-state index in [2.05, 4.69) is 18.6 Å². The van der Waals surface area contributed by atoms with Gasteiger partial charge in [-0.05, 0) is 41.7 Å². The summed E-state index contributed by atoms with van der Waals surface area (Å²) < 4.78 is 28.4. The van der Waals surface area contributed by atoms with Crippen LogP contribution in [0.25, 0.3) is 11.1 Å². The third-order valence-corrected chi connectivity index (χ3v) is 6.01. The molecule has 0 saturated carbocycles. The van der Waals surface area contributed by atoms with Crippen LogP contribution in [0, 0.1) is 0 Å². The van der Waals surface area contributed by atoms with E-state index in [0.717, 1.165) is 23.1 Å². The monoisotopic (exact) mass is 365 g/mol. The van der Waals surface area contributed by atoms with E-state index in [-0.39, 0.29) is 4.90 Å². The average molecular weight is 365 g/mol. The Balaban J connectivity index is 1.91. The number of benzene rings is 3. The lowest BCUT2D eigenvalue weighted by molar-refractivity contribution is 0.601. The van der Waals surface area contributed by atoms with Crippen molar-refractivity contribution in [2.75, 3.05) is 4.72 Å². The maximum absolute atomic E-state index is 12.8. The Morgan fingerprint density at radius 3 is 2.12 bits per heavy atom. The average Bonchev–Trinajstić information content (AvgIpc) is 2.68. The maximum Gasteiger partial charge on any atom is 0.261 e. The van der Waals surface area contributed by atoms with Crippen LogP contribution in [0.15, 0.2) is 83.8 Å². The van der Waals surface area contributed by atoms with E-state index in [9.17, 15) is 8.42 Å². The molecular formula is C22H23NO2S. The van der Waals surface area contributed by atoms with Crippen molar-refractivity contribution >= 4 is 15.7 Å². The largest absolute Gasteiger partial charge is 0.279 e. The van der Waals surface area contributed by atoms with Crippen molar-refractivity contribution in [2.24, 2.45) is 0 Å². The Labute approximate surface area is 155 Å². The normalized spacial score (nSPS) is 12.5. The summed E-state index contributed by atoms with van der Waals surface area (Å²) in [7, 11) is -3.64. The predicted octanol–water partition coefficient (Wildman–Crippen LogP) is 5.67. The van der Waals surface area contributed by atoms with Crippen LogP contribution in [0.3, 0.4) is 0 Å². The molecule has 0 radical (unpaired) electrons. The fourth-order valence-electron chi connectivity index (χ4n) is 2.86. The zero-order valence-corrected chi connectivity index (χ0v) is 15.8. The van der Waals surface area contributed by atoms with E-state index >= 15 is 0 Å². The second kappa shape index (κ2) is 7.75. The third kappa shape index (κ3) is 3.97. The van der Waals surface area contributed by atoms with Crippen molar-refractivity contribution in [3.8, 4) is 11.1 Å². The Hall–Kier alpha value is -2.59. The molecule has 0 bridgehead atoms. The summed E-state index contributed by atoms with van der Waals surface area (Å²) in [6, 6.07) is 24.3. The molecule has 0 fully saturated rings. The van der Waals surface area contributed by atoms with Gasteiger partial charge in [-0.15, -0.1) is 0 Å². The van der Waals surface area contributed by atoms with Crippen molar-refractivity contribution < 1.29 is 8.42 Å². The number of rotatable bonds is 6. The first-order valence-corrected chi connectivity index (χ1v) is 10.3. The minimum atomic E-state index is -3.64. The number of para-hydroxylation sites is 1. The highest BCUT2D eigenvalue weighted by Gasteiger charge is 2.17. The van der Waals surface area contributed by atoms with Crippen LogP contribution in [0.2, 0.25) is 0 Å². The molecule has 0 heterocycles.